The monoisotopic (exact) mass is 320 g/mol. The smallest absolute Gasteiger partial charge is 0.0722 e. The summed E-state index contributed by atoms with van der Waals surface area (Å²) in [5, 5.41) is 4.01. The van der Waals surface area contributed by atoms with Crippen molar-refractivity contribution in [3.05, 3.63) is 22.5 Å². The fraction of sp³-hybridized carbons (Fsp3) is 0.789. The van der Waals surface area contributed by atoms with Crippen molar-refractivity contribution in [1.29, 1.82) is 0 Å². The van der Waals surface area contributed by atoms with E-state index in [1.54, 1.807) is 0 Å². The Bertz CT molecular complexity index is 431. The lowest BCUT2D eigenvalue weighted by Gasteiger charge is -2.34. The molecule has 0 heterocycles. The lowest BCUT2D eigenvalue weighted by Crippen LogP contribution is -2.36. The summed E-state index contributed by atoms with van der Waals surface area (Å²) in [4.78, 5) is 0. The van der Waals surface area contributed by atoms with Crippen molar-refractivity contribution in [3.63, 3.8) is 0 Å². The van der Waals surface area contributed by atoms with Crippen molar-refractivity contribution < 1.29 is 0 Å². The second kappa shape index (κ2) is 6.19. The van der Waals surface area contributed by atoms with Gasteiger partial charge in [0.1, 0.15) is 0 Å². The lowest BCUT2D eigenvalue weighted by molar-refractivity contribution is 0.399. The van der Waals surface area contributed by atoms with Crippen LogP contribution in [-0.4, -0.2) is 16.1 Å². The fourth-order valence-corrected chi connectivity index (χ4v) is 12.0. The summed E-state index contributed by atoms with van der Waals surface area (Å²) in [7, 11) is -2.39. The normalized spacial score (nSPS) is 30.0. The number of hydrogen-bond donors (Lipinski definition) is 0. The first-order valence-electron chi connectivity index (χ1n) is 9.08. The summed E-state index contributed by atoms with van der Waals surface area (Å²) in [5.74, 6) is 2.63. The van der Waals surface area contributed by atoms with Gasteiger partial charge in [-0.05, 0) is 37.0 Å². The number of fused-ring (bicyclic) bond motifs is 2. The van der Waals surface area contributed by atoms with Gasteiger partial charge in [0.15, 0.2) is 0 Å². The van der Waals surface area contributed by atoms with Crippen LogP contribution in [0, 0.1) is 17.8 Å². The Kier molecular flexibility index (Phi) is 5.09. The molecule has 120 valence electrons. The van der Waals surface area contributed by atoms with E-state index >= 15 is 0 Å². The molecule has 2 heteroatoms. The maximum Gasteiger partial charge on any atom is 0.0722 e. The Balaban J connectivity index is 2.45. The molecule has 21 heavy (non-hydrogen) atoms. The van der Waals surface area contributed by atoms with E-state index in [1.807, 2.05) is 10.4 Å². The molecule has 2 aliphatic rings. The lowest BCUT2D eigenvalue weighted by atomic mass is 9.87. The van der Waals surface area contributed by atoms with E-state index in [0.29, 0.717) is 0 Å². The summed E-state index contributed by atoms with van der Waals surface area (Å²) in [6.07, 6.45) is 12.1. The van der Waals surface area contributed by atoms with Crippen LogP contribution in [0.5, 0.6) is 0 Å². The average Bonchev–Trinajstić information content (AvgIpc) is 2.59. The van der Waals surface area contributed by atoms with Gasteiger partial charge < -0.3 is 0 Å². The molecule has 2 aliphatic carbocycles. The fourth-order valence-electron chi connectivity index (χ4n) is 4.83. The zero-order valence-electron chi connectivity index (χ0n) is 15.4. The molecule has 0 N–H and O–H groups in total. The molecule has 0 fully saturated rings. The van der Waals surface area contributed by atoms with Gasteiger partial charge in [-0.2, -0.15) is 0 Å². The predicted molar refractivity (Wildman–Crippen MR) is 102 cm³/mol. The highest BCUT2D eigenvalue weighted by molar-refractivity contribution is 6.89. The zero-order valence-corrected chi connectivity index (χ0v) is 17.4. The third-order valence-corrected chi connectivity index (χ3v) is 10.2. The molecule has 0 amide bonds. The molecule has 0 nitrogen and oxygen atoms in total. The van der Waals surface area contributed by atoms with Crippen molar-refractivity contribution in [3.8, 4) is 0 Å². The molecule has 0 aromatic carbocycles. The molecular weight excluding hydrogens is 284 g/mol. The standard InChI is InChI=1S/C19H36Si2/c1-8-9-11-15-12-10-13-16-14-17(15)19(21(5,6)7)18(16)20(2,3)4/h10,12,15-17H,8-9,11,13-14H2,1-7H3/t15-,16-,17-/m0/s1. The number of allylic oxidation sites excluding steroid dienone is 4. The third kappa shape index (κ3) is 3.64. The van der Waals surface area contributed by atoms with Crippen LogP contribution in [-0.2, 0) is 0 Å². The average molecular weight is 321 g/mol. The molecule has 0 radical (unpaired) electrons. The summed E-state index contributed by atoms with van der Waals surface area (Å²) < 4.78 is 0. The van der Waals surface area contributed by atoms with Crippen molar-refractivity contribution in [2.24, 2.45) is 17.8 Å². The molecule has 0 aliphatic heterocycles. The largest absolute Gasteiger partial charge is 0.0877 e. The van der Waals surface area contributed by atoms with Gasteiger partial charge in [-0.3, -0.25) is 0 Å². The Morgan fingerprint density at radius 2 is 1.62 bits per heavy atom. The van der Waals surface area contributed by atoms with Crippen LogP contribution in [0.15, 0.2) is 22.5 Å². The molecule has 0 aromatic rings. The van der Waals surface area contributed by atoms with Crippen LogP contribution in [0.3, 0.4) is 0 Å². The summed E-state index contributed by atoms with van der Waals surface area (Å²) in [6, 6.07) is 0. The minimum absolute atomic E-state index is 0.838. The highest BCUT2D eigenvalue weighted by Crippen LogP contribution is 2.51. The van der Waals surface area contributed by atoms with Crippen LogP contribution in [0.25, 0.3) is 0 Å². The molecular formula is C19H36Si2. The number of rotatable bonds is 5. The van der Waals surface area contributed by atoms with Crippen LogP contribution in [0.4, 0.5) is 0 Å². The minimum atomic E-state index is -1.21. The first-order valence-corrected chi connectivity index (χ1v) is 16.1. The van der Waals surface area contributed by atoms with Crippen molar-refractivity contribution in [1.82, 2.24) is 0 Å². The maximum absolute atomic E-state index is 2.60. The minimum Gasteiger partial charge on any atom is -0.0877 e. The van der Waals surface area contributed by atoms with E-state index in [1.165, 1.54) is 32.1 Å². The molecule has 2 bridgehead atoms. The summed E-state index contributed by atoms with van der Waals surface area (Å²) >= 11 is 0. The Morgan fingerprint density at radius 1 is 1.00 bits per heavy atom. The van der Waals surface area contributed by atoms with Crippen molar-refractivity contribution in [2.45, 2.75) is 78.3 Å². The van der Waals surface area contributed by atoms with Gasteiger partial charge in [0.25, 0.3) is 0 Å². The van der Waals surface area contributed by atoms with Gasteiger partial charge in [0, 0.05) is 0 Å². The van der Waals surface area contributed by atoms with Crippen LogP contribution >= 0.6 is 0 Å². The van der Waals surface area contributed by atoms with E-state index in [2.05, 4.69) is 58.4 Å². The van der Waals surface area contributed by atoms with Crippen LogP contribution in [0.1, 0.15) is 39.0 Å². The van der Waals surface area contributed by atoms with Crippen LogP contribution in [0.2, 0.25) is 39.3 Å². The summed E-state index contributed by atoms with van der Waals surface area (Å²) in [6.45, 7) is 17.9. The van der Waals surface area contributed by atoms with Gasteiger partial charge in [-0.15, -0.1) is 0 Å². The SMILES string of the molecule is CCCC[C@H]1C=CC[C@H]2C[C@@H]1C([Si](C)(C)C)=C2[Si](C)(C)C. The second-order valence-corrected chi connectivity index (χ2v) is 19.4. The molecule has 0 aromatic heterocycles. The Hall–Kier alpha value is -0.0862. The van der Waals surface area contributed by atoms with Gasteiger partial charge in [0.2, 0.25) is 0 Å². The second-order valence-electron chi connectivity index (χ2n) is 9.34. The highest BCUT2D eigenvalue weighted by atomic mass is 28.3. The van der Waals surface area contributed by atoms with Gasteiger partial charge >= 0.3 is 0 Å². The first-order chi connectivity index (χ1) is 9.66. The maximum atomic E-state index is 2.60. The third-order valence-electron chi connectivity index (χ3n) is 5.44. The molecule has 3 atom stereocenters. The van der Waals surface area contributed by atoms with E-state index < -0.39 is 16.1 Å². The number of hydrogen-bond acceptors (Lipinski definition) is 0. The topological polar surface area (TPSA) is 0 Å². The van der Waals surface area contributed by atoms with Crippen molar-refractivity contribution >= 4 is 16.1 Å². The van der Waals surface area contributed by atoms with Gasteiger partial charge in [-0.1, -0.05) is 81.6 Å². The Morgan fingerprint density at radius 3 is 2.14 bits per heavy atom. The van der Waals surface area contributed by atoms with E-state index in [9.17, 15) is 0 Å². The quantitative estimate of drug-likeness (QED) is 0.404. The predicted octanol–water partition coefficient (Wildman–Crippen LogP) is 6.44. The molecule has 0 saturated heterocycles. The van der Waals surface area contributed by atoms with E-state index in [4.69, 9.17) is 0 Å². The highest BCUT2D eigenvalue weighted by Gasteiger charge is 2.45. The molecule has 0 saturated carbocycles. The summed E-state index contributed by atoms with van der Waals surface area (Å²) in [5.41, 5.74) is 0. The molecule has 0 spiro atoms. The molecule has 0 unspecified atom stereocenters. The van der Waals surface area contributed by atoms with E-state index in [-0.39, 0.29) is 0 Å². The first kappa shape index (κ1) is 17.3. The van der Waals surface area contributed by atoms with Crippen molar-refractivity contribution in [2.75, 3.05) is 0 Å². The number of unbranched alkanes of at least 4 members (excludes halogenated alkanes) is 1. The van der Waals surface area contributed by atoms with Crippen LogP contribution < -0.4 is 0 Å². The molecule has 2 rings (SSSR count). The van der Waals surface area contributed by atoms with Gasteiger partial charge in [-0.25, -0.2) is 0 Å². The Labute approximate surface area is 135 Å². The van der Waals surface area contributed by atoms with E-state index in [0.717, 1.165) is 17.8 Å². The van der Waals surface area contributed by atoms with Gasteiger partial charge in [0.05, 0.1) is 16.1 Å². The zero-order chi connectivity index (χ0) is 15.8.